The molecule has 1 heterocycles. The molecule has 0 spiro atoms. The molecule has 1 aromatic heterocycles. The normalized spacial score (nSPS) is 18.4. The monoisotopic (exact) mass is 451 g/mol. The number of nitriles is 1. The van der Waals surface area contributed by atoms with Crippen molar-refractivity contribution < 1.29 is 14.7 Å². The van der Waals surface area contributed by atoms with Crippen LogP contribution in [0.2, 0.25) is 0 Å². The highest BCUT2D eigenvalue weighted by molar-refractivity contribution is 8.00. The highest BCUT2D eigenvalue weighted by Gasteiger charge is 2.35. The molecule has 2 N–H and O–H groups in total. The Morgan fingerprint density at radius 3 is 2.74 bits per heavy atom. The molecule has 2 atom stereocenters. The molecule has 0 bridgehead atoms. The van der Waals surface area contributed by atoms with E-state index in [-0.39, 0.29) is 5.91 Å². The number of hydrogen-bond donors (Lipinski definition) is 2. The number of hydrogen-bond acceptors (Lipinski definition) is 6. The zero-order valence-corrected chi connectivity index (χ0v) is 18.3. The summed E-state index contributed by atoms with van der Waals surface area (Å²) < 4.78 is 1.84. The average molecular weight is 452 g/mol. The summed E-state index contributed by atoms with van der Waals surface area (Å²) in [7, 11) is 0. The van der Waals surface area contributed by atoms with Crippen molar-refractivity contribution >= 4 is 50.9 Å². The molecule has 1 saturated carbocycles. The van der Waals surface area contributed by atoms with Crippen molar-refractivity contribution in [1.29, 1.82) is 5.26 Å². The fourth-order valence-corrected chi connectivity index (χ4v) is 6.02. The number of nitrogens with zero attached hydrogens (tertiary/aromatic N) is 2. The Labute approximate surface area is 188 Å². The maximum Gasteiger partial charge on any atom is 0.307 e. The molecule has 3 aromatic rings. The van der Waals surface area contributed by atoms with Crippen LogP contribution in [-0.2, 0) is 15.3 Å². The first-order valence-corrected chi connectivity index (χ1v) is 11.9. The molecule has 31 heavy (non-hydrogen) atoms. The Bertz CT molecular complexity index is 1170. The number of aliphatic carboxylic acids is 1. The molecule has 4 rings (SSSR count). The predicted molar refractivity (Wildman–Crippen MR) is 122 cm³/mol. The van der Waals surface area contributed by atoms with E-state index in [2.05, 4.69) is 16.4 Å². The minimum atomic E-state index is -0.891. The van der Waals surface area contributed by atoms with Gasteiger partial charge in [-0.05, 0) is 42.7 Å². The molecule has 1 aliphatic carbocycles. The molecule has 2 aromatic carbocycles. The third-order valence-electron chi connectivity index (χ3n) is 5.55. The van der Waals surface area contributed by atoms with Crippen molar-refractivity contribution in [2.75, 3.05) is 5.32 Å². The summed E-state index contributed by atoms with van der Waals surface area (Å²) in [5.41, 5.74) is 3.15. The lowest BCUT2D eigenvalue weighted by atomic mass is 9.78. The van der Waals surface area contributed by atoms with Crippen LogP contribution >= 0.6 is 23.1 Å². The topological polar surface area (TPSA) is 103 Å². The number of thioether (sulfide) groups is 1. The Morgan fingerprint density at radius 1 is 1.19 bits per heavy atom. The van der Waals surface area contributed by atoms with Crippen LogP contribution in [0.15, 0.2) is 46.8 Å². The van der Waals surface area contributed by atoms with Crippen molar-refractivity contribution in [2.24, 2.45) is 11.8 Å². The van der Waals surface area contributed by atoms with Crippen molar-refractivity contribution in [1.82, 2.24) is 4.98 Å². The number of thiazole rings is 1. The zero-order valence-electron chi connectivity index (χ0n) is 16.7. The van der Waals surface area contributed by atoms with Crippen molar-refractivity contribution in [3.8, 4) is 6.07 Å². The van der Waals surface area contributed by atoms with Gasteiger partial charge in [0.25, 0.3) is 0 Å². The fraction of sp³-hybridized carbons (Fsp3) is 0.304. The highest BCUT2D eigenvalue weighted by Crippen LogP contribution is 2.35. The summed E-state index contributed by atoms with van der Waals surface area (Å²) in [6.07, 6.45) is 2.89. The van der Waals surface area contributed by atoms with Gasteiger partial charge in [0.2, 0.25) is 5.91 Å². The third-order valence-corrected chi connectivity index (χ3v) is 7.76. The summed E-state index contributed by atoms with van der Waals surface area (Å²) in [6, 6.07) is 15.3. The van der Waals surface area contributed by atoms with E-state index in [0.29, 0.717) is 29.8 Å². The molecule has 6 nitrogen and oxygen atoms in total. The van der Waals surface area contributed by atoms with Crippen LogP contribution in [0.3, 0.4) is 0 Å². The molecule has 8 heteroatoms. The second kappa shape index (κ2) is 9.50. The Balaban J connectivity index is 1.45. The summed E-state index contributed by atoms with van der Waals surface area (Å²) >= 11 is 3.11. The Kier molecular flexibility index (Phi) is 6.54. The molecule has 1 aliphatic rings. The van der Waals surface area contributed by atoms with E-state index in [4.69, 9.17) is 0 Å². The van der Waals surface area contributed by atoms with E-state index in [1.807, 2.05) is 36.4 Å². The van der Waals surface area contributed by atoms with Gasteiger partial charge in [-0.1, -0.05) is 42.8 Å². The standard InChI is InChI=1S/C23H21N3O3S2/c24-12-14-5-1-2-6-15(14)13-30-23-26-19-10-9-16(11-20(19)31-23)25-21(27)17-7-3-4-8-18(17)22(28)29/h1-2,5-6,9-11,17-18H,3-4,7-8,13H2,(H,25,27)(H,28,29)/t17-,18+/m1/s1. The maximum absolute atomic E-state index is 12.7. The molecule has 1 fully saturated rings. The highest BCUT2D eigenvalue weighted by atomic mass is 32.2. The van der Waals surface area contributed by atoms with Crippen LogP contribution in [0.4, 0.5) is 5.69 Å². The number of aromatic nitrogens is 1. The first-order chi connectivity index (χ1) is 15.0. The van der Waals surface area contributed by atoms with Gasteiger partial charge in [0.1, 0.15) is 0 Å². The SMILES string of the molecule is N#Cc1ccccc1CSc1nc2ccc(NC(=O)[C@@H]3CCCC[C@@H]3C(=O)O)cc2s1. The minimum absolute atomic E-state index is 0.223. The molecule has 0 radical (unpaired) electrons. The second-order valence-corrected chi connectivity index (χ2v) is 9.80. The van der Waals surface area contributed by atoms with Gasteiger partial charge in [0, 0.05) is 11.4 Å². The van der Waals surface area contributed by atoms with Crippen LogP contribution < -0.4 is 5.32 Å². The number of carbonyl (C=O) groups is 2. The van der Waals surface area contributed by atoms with Crippen molar-refractivity contribution in [3.63, 3.8) is 0 Å². The van der Waals surface area contributed by atoms with E-state index < -0.39 is 17.8 Å². The summed E-state index contributed by atoms with van der Waals surface area (Å²) in [5, 5.41) is 21.6. The fourth-order valence-electron chi connectivity index (χ4n) is 3.91. The van der Waals surface area contributed by atoms with Gasteiger partial charge < -0.3 is 10.4 Å². The number of benzene rings is 2. The van der Waals surface area contributed by atoms with Gasteiger partial charge in [-0.3, -0.25) is 9.59 Å². The lowest BCUT2D eigenvalue weighted by Gasteiger charge is -2.27. The largest absolute Gasteiger partial charge is 0.481 e. The number of nitrogens with one attached hydrogen (secondary N) is 1. The number of carboxylic acids is 1. The molecule has 0 saturated heterocycles. The number of carboxylic acid groups (broad SMARTS) is 1. The van der Waals surface area contributed by atoms with Crippen LogP contribution in [0.5, 0.6) is 0 Å². The van der Waals surface area contributed by atoms with E-state index in [9.17, 15) is 20.0 Å². The minimum Gasteiger partial charge on any atom is -0.481 e. The lowest BCUT2D eigenvalue weighted by molar-refractivity contribution is -0.147. The predicted octanol–water partition coefficient (Wildman–Crippen LogP) is 5.29. The molecular formula is C23H21N3O3S2. The Hall–Kier alpha value is -2.89. The van der Waals surface area contributed by atoms with Crippen LogP contribution in [0.25, 0.3) is 10.2 Å². The second-order valence-electron chi connectivity index (χ2n) is 7.54. The molecule has 1 amide bonds. The molecule has 0 unspecified atom stereocenters. The van der Waals surface area contributed by atoms with Gasteiger partial charge in [-0.2, -0.15) is 5.26 Å². The van der Waals surface area contributed by atoms with E-state index in [1.165, 1.54) is 11.3 Å². The average Bonchev–Trinajstić information content (AvgIpc) is 3.20. The van der Waals surface area contributed by atoms with Gasteiger partial charge in [-0.25, -0.2) is 4.98 Å². The lowest BCUT2D eigenvalue weighted by Crippen LogP contribution is -2.36. The first kappa shape index (κ1) is 21.3. The molecular weight excluding hydrogens is 430 g/mol. The van der Waals surface area contributed by atoms with E-state index in [0.717, 1.165) is 33.0 Å². The smallest absolute Gasteiger partial charge is 0.307 e. The summed E-state index contributed by atoms with van der Waals surface area (Å²) in [6.45, 7) is 0. The van der Waals surface area contributed by atoms with Crippen LogP contribution in [0, 0.1) is 23.2 Å². The summed E-state index contributed by atoms with van der Waals surface area (Å²) in [4.78, 5) is 28.9. The van der Waals surface area contributed by atoms with Gasteiger partial charge in [0.15, 0.2) is 4.34 Å². The number of rotatable bonds is 6. The quantitative estimate of drug-likeness (QED) is 0.494. The van der Waals surface area contributed by atoms with E-state index in [1.54, 1.807) is 17.8 Å². The first-order valence-electron chi connectivity index (χ1n) is 10.1. The molecule has 158 valence electrons. The number of anilines is 1. The molecule has 0 aliphatic heterocycles. The van der Waals surface area contributed by atoms with Gasteiger partial charge in [-0.15, -0.1) is 11.3 Å². The summed E-state index contributed by atoms with van der Waals surface area (Å²) in [5.74, 6) is -1.56. The Morgan fingerprint density at radius 2 is 1.97 bits per heavy atom. The number of fused-ring (bicyclic) bond motifs is 1. The van der Waals surface area contributed by atoms with Crippen LogP contribution in [-0.4, -0.2) is 22.0 Å². The van der Waals surface area contributed by atoms with E-state index >= 15 is 0 Å². The van der Waals surface area contributed by atoms with Crippen molar-refractivity contribution in [2.45, 2.75) is 35.8 Å². The van der Waals surface area contributed by atoms with Crippen LogP contribution in [0.1, 0.15) is 36.8 Å². The van der Waals surface area contributed by atoms with Gasteiger partial charge >= 0.3 is 5.97 Å². The number of carbonyl (C=O) groups excluding carboxylic acids is 1. The van der Waals surface area contributed by atoms with Gasteiger partial charge in [0.05, 0.1) is 33.7 Å². The maximum atomic E-state index is 12.7. The number of amides is 1. The zero-order chi connectivity index (χ0) is 21.8. The van der Waals surface area contributed by atoms with Crippen molar-refractivity contribution in [3.05, 3.63) is 53.6 Å². The third kappa shape index (κ3) is 4.89.